The van der Waals surface area contributed by atoms with Gasteiger partial charge in [-0.1, -0.05) is 78.5 Å². The fourth-order valence-corrected chi connectivity index (χ4v) is 5.35. The number of ether oxygens (including phenoxy) is 1. The number of aliphatic imine (C=N–C) groups is 1. The van der Waals surface area contributed by atoms with Gasteiger partial charge in [0.05, 0.1) is 18.6 Å². The average molecular weight is 548 g/mol. The van der Waals surface area contributed by atoms with Crippen LogP contribution in [0.5, 0.6) is 5.75 Å². The third-order valence-electron chi connectivity index (χ3n) is 6.33. The van der Waals surface area contributed by atoms with E-state index in [9.17, 15) is 9.59 Å². The first kappa shape index (κ1) is 27.0. The number of hydrogen-bond acceptors (Lipinski definition) is 5. The van der Waals surface area contributed by atoms with E-state index in [1.807, 2.05) is 105 Å². The van der Waals surface area contributed by atoms with Crippen LogP contribution >= 0.6 is 11.8 Å². The summed E-state index contributed by atoms with van der Waals surface area (Å²) in [5.74, 6) is 0.401. The molecule has 0 bridgehead atoms. The van der Waals surface area contributed by atoms with Gasteiger partial charge in [0.25, 0.3) is 5.91 Å². The number of hydrogen-bond donors (Lipinski definition) is 1. The Morgan fingerprint density at radius 3 is 2.30 bits per heavy atom. The molecule has 40 heavy (non-hydrogen) atoms. The number of benzene rings is 4. The van der Waals surface area contributed by atoms with Crippen LogP contribution in [-0.4, -0.2) is 29.8 Å². The molecule has 1 N–H and O–H groups in total. The number of amides is 2. The van der Waals surface area contributed by atoms with E-state index in [2.05, 4.69) is 16.4 Å². The number of methoxy groups -OCH3 is 1. The smallest absolute Gasteiger partial charge is 0.283 e. The maximum atomic E-state index is 13.6. The quantitative estimate of drug-likeness (QED) is 0.251. The molecule has 0 aliphatic carbocycles. The van der Waals surface area contributed by atoms with Gasteiger partial charge in [0.2, 0.25) is 5.91 Å². The summed E-state index contributed by atoms with van der Waals surface area (Å²) in [6.45, 7) is 3.99. The van der Waals surface area contributed by atoms with Gasteiger partial charge in [0.1, 0.15) is 11.4 Å². The first-order valence-corrected chi connectivity index (χ1v) is 13.8. The predicted octanol–water partition coefficient (Wildman–Crippen LogP) is 7.09. The zero-order chi connectivity index (χ0) is 28.1. The molecule has 0 unspecified atom stereocenters. The van der Waals surface area contributed by atoms with Gasteiger partial charge < -0.3 is 10.1 Å². The first-order valence-electron chi connectivity index (χ1n) is 12.9. The Morgan fingerprint density at radius 2 is 1.60 bits per heavy atom. The van der Waals surface area contributed by atoms with Gasteiger partial charge >= 0.3 is 0 Å². The Balaban J connectivity index is 1.39. The zero-order valence-electron chi connectivity index (χ0n) is 22.5. The van der Waals surface area contributed by atoms with E-state index in [0.717, 1.165) is 44.9 Å². The van der Waals surface area contributed by atoms with Crippen LogP contribution < -0.4 is 15.0 Å². The summed E-state index contributed by atoms with van der Waals surface area (Å²) >= 11 is 1.23. The van der Waals surface area contributed by atoms with E-state index < -0.39 is 0 Å². The fraction of sp³-hybridized carbons (Fsp3) is 0.121. The standard InChI is InChI=1S/C33H29N3O3S/c1-22-17-23(2)19-26(18-22)36-32(38)30(20-24-13-15-27(39-3)16-14-24)35-33(36)40-21-31(37)34-29-12-8-7-11-28(29)25-9-5-4-6-10-25/h4-20H,21H2,1-3H3,(H,34,37)/b30-20-. The molecule has 0 aromatic heterocycles. The molecule has 5 rings (SSSR count). The second-order valence-electron chi connectivity index (χ2n) is 9.43. The Morgan fingerprint density at radius 1 is 0.925 bits per heavy atom. The lowest BCUT2D eigenvalue weighted by atomic mass is 10.0. The van der Waals surface area contributed by atoms with Gasteiger partial charge in [0, 0.05) is 11.3 Å². The van der Waals surface area contributed by atoms with Gasteiger partial charge in [-0.05, 0) is 72.5 Å². The Bertz CT molecular complexity index is 1590. The van der Waals surface area contributed by atoms with Crippen LogP contribution in [0.15, 0.2) is 108 Å². The highest BCUT2D eigenvalue weighted by atomic mass is 32.2. The summed E-state index contributed by atoms with van der Waals surface area (Å²) in [6, 6.07) is 31.0. The van der Waals surface area contributed by atoms with Gasteiger partial charge in [-0.3, -0.25) is 14.5 Å². The number of nitrogens with one attached hydrogen (secondary N) is 1. The number of thioether (sulfide) groups is 1. The normalized spacial score (nSPS) is 13.9. The third-order valence-corrected chi connectivity index (χ3v) is 7.27. The molecule has 200 valence electrons. The highest BCUT2D eigenvalue weighted by Gasteiger charge is 2.32. The number of anilines is 2. The number of amidine groups is 1. The number of para-hydroxylation sites is 1. The van der Waals surface area contributed by atoms with Gasteiger partial charge in [-0.2, -0.15) is 0 Å². The summed E-state index contributed by atoms with van der Waals surface area (Å²) < 4.78 is 5.24. The van der Waals surface area contributed by atoms with Gasteiger partial charge in [-0.15, -0.1) is 0 Å². The molecule has 1 aliphatic heterocycles. The van der Waals surface area contributed by atoms with Crippen molar-refractivity contribution >= 4 is 46.2 Å². The summed E-state index contributed by atoms with van der Waals surface area (Å²) in [5, 5.41) is 3.49. The van der Waals surface area contributed by atoms with E-state index in [0.29, 0.717) is 10.9 Å². The molecule has 6 nitrogen and oxygen atoms in total. The lowest BCUT2D eigenvalue weighted by Gasteiger charge is -2.19. The van der Waals surface area contributed by atoms with Crippen LogP contribution in [0.3, 0.4) is 0 Å². The first-order chi connectivity index (χ1) is 19.4. The summed E-state index contributed by atoms with van der Waals surface area (Å²) in [7, 11) is 1.61. The highest BCUT2D eigenvalue weighted by molar-refractivity contribution is 8.14. The van der Waals surface area contributed by atoms with Crippen LogP contribution in [0, 0.1) is 13.8 Å². The van der Waals surface area contributed by atoms with E-state index in [4.69, 9.17) is 4.74 Å². The van der Waals surface area contributed by atoms with Gasteiger partial charge in [0.15, 0.2) is 5.17 Å². The lowest BCUT2D eigenvalue weighted by molar-refractivity contribution is -0.114. The minimum Gasteiger partial charge on any atom is -0.497 e. The van der Waals surface area contributed by atoms with Crippen molar-refractivity contribution in [3.8, 4) is 16.9 Å². The summed E-state index contributed by atoms with van der Waals surface area (Å²) in [6.07, 6.45) is 1.75. The van der Waals surface area contributed by atoms with Crippen molar-refractivity contribution in [1.29, 1.82) is 0 Å². The summed E-state index contributed by atoms with van der Waals surface area (Å²) in [5.41, 5.74) is 6.63. The molecule has 0 saturated heterocycles. The zero-order valence-corrected chi connectivity index (χ0v) is 23.4. The number of carbonyl (C=O) groups is 2. The van der Waals surface area contributed by atoms with Gasteiger partial charge in [-0.25, -0.2) is 4.99 Å². The molecule has 0 saturated carbocycles. The minimum absolute atomic E-state index is 0.0896. The van der Waals surface area contributed by atoms with Crippen LogP contribution in [0.1, 0.15) is 16.7 Å². The van der Waals surface area contributed by atoms with Crippen molar-refractivity contribution in [2.24, 2.45) is 4.99 Å². The molecular formula is C33H29N3O3S. The second kappa shape index (κ2) is 12.1. The van der Waals surface area contributed by atoms with Crippen molar-refractivity contribution in [3.05, 3.63) is 119 Å². The fourth-order valence-electron chi connectivity index (χ4n) is 4.54. The summed E-state index contributed by atoms with van der Waals surface area (Å²) in [4.78, 5) is 33.0. The number of nitrogens with zero attached hydrogens (tertiary/aromatic N) is 2. The lowest BCUT2D eigenvalue weighted by Crippen LogP contribution is -2.31. The van der Waals surface area contributed by atoms with Crippen molar-refractivity contribution in [1.82, 2.24) is 0 Å². The molecule has 4 aromatic carbocycles. The van der Waals surface area contributed by atoms with Crippen LogP contribution in [-0.2, 0) is 9.59 Å². The Labute approximate surface area is 238 Å². The van der Waals surface area contributed by atoms with E-state index in [1.54, 1.807) is 18.1 Å². The molecule has 0 spiro atoms. The maximum Gasteiger partial charge on any atom is 0.283 e. The topological polar surface area (TPSA) is 71.0 Å². The molecule has 0 fully saturated rings. The highest BCUT2D eigenvalue weighted by Crippen LogP contribution is 2.32. The number of aryl methyl sites for hydroxylation is 2. The van der Waals surface area contributed by atoms with Crippen molar-refractivity contribution < 1.29 is 14.3 Å². The van der Waals surface area contributed by atoms with E-state index in [1.165, 1.54) is 11.8 Å². The SMILES string of the molecule is COc1ccc(/C=C2\N=C(SCC(=O)Nc3ccccc3-c3ccccc3)N(c3cc(C)cc(C)c3)C2=O)cc1. The molecular weight excluding hydrogens is 518 g/mol. The molecule has 1 aliphatic rings. The van der Waals surface area contributed by atoms with Crippen molar-refractivity contribution in [2.45, 2.75) is 13.8 Å². The Kier molecular flexibility index (Phi) is 8.12. The maximum absolute atomic E-state index is 13.6. The monoisotopic (exact) mass is 547 g/mol. The molecule has 7 heteroatoms. The molecule has 4 aromatic rings. The van der Waals surface area contributed by atoms with E-state index in [-0.39, 0.29) is 17.6 Å². The largest absolute Gasteiger partial charge is 0.497 e. The molecule has 2 amide bonds. The number of rotatable bonds is 7. The second-order valence-corrected chi connectivity index (χ2v) is 10.4. The molecule has 1 heterocycles. The molecule has 0 atom stereocenters. The van der Waals surface area contributed by atoms with Crippen LogP contribution in [0.4, 0.5) is 11.4 Å². The van der Waals surface area contributed by atoms with Crippen LogP contribution in [0.2, 0.25) is 0 Å². The average Bonchev–Trinajstić information content (AvgIpc) is 3.27. The van der Waals surface area contributed by atoms with Crippen molar-refractivity contribution in [2.75, 3.05) is 23.1 Å². The predicted molar refractivity (Wildman–Crippen MR) is 165 cm³/mol. The minimum atomic E-state index is -0.238. The van der Waals surface area contributed by atoms with E-state index >= 15 is 0 Å². The van der Waals surface area contributed by atoms with Crippen LogP contribution in [0.25, 0.3) is 17.2 Å². The number of carbonyl (C=O) groups excluding carboxylic acids is 2. The Hall–Kier alpha value is -4.62. The third kappa shape index (κ3) is 6.16. The van der Waals surface area contributed by atoms with Crippen molar-refractivity contribution in [3.63, 3.8) is 0 Å². The molecule has 0 radical (unpaired) electrons.